The van der Waals surface area contributed by atoms with Crippen LogP contribution in [0, 0.1) is 0 Å². The lowest BCUT2D eigenvalue weighted by atomic mass is 9.96. The van der Waals surface area contributed by atoms with Crippen LogP contribution in [0.1, 0.15) is 27.5 Å². The summed E-state index contributed by atoms with van der Waals surface area (Å²) in [6, 6.07) is 11.2. The Morgan fingerprint density at radius 1 is 1.15 bits per heavy atom. The van der Waals surface area contributed by atoms with Crippen LogP contribution < -0.4 is 5.32 Å². The lowest BCUT2D eigenvalue weighted by Gasteiger charge is -2.15. The summed E-state index contributed by atoms with van der Waals surface area (Å²) in [6.45, 7) is 0. The van der Waals surface area contributed by atoms with Gasteiger partial charge in [-0.2, -0.15) is 0 Å². The molecule has 1 unspecified atom stereocenters. The molecule has 2 aliphatic rings. The fourth-order valence-corrected chi connectivity index (χ4v) is 3.07. The molecule has 0 spiro atoms. The van der Waals surface area contributed by atoms with Crippen molar-refractivity contribution in [2.75, 3.05) is 5.32 Å². The van der Waals surface area contributed by atoms with E-state index in [9.17, 15) is 4.79 Å². The molecule has 0 bridgehead atoms. The summed E-state index contributed by atoms with van der Waals surface area (Å²) in [7, 11) is 0. The molecule has 1 atom stereocenters. The Hall–Kier alpha value is -1.65. The summed E-state index contributed by atoms with van der Waals surface area (Å²) in [5.74, 6) is -0.133. The molecule has 0 fully saturated rings. The van der Waals surface area contributed by atoms with E-state index in [1.54, 1.807) is 6.07 Å². The normalized spacial score (nSPS) is 18.8. The van der Waals surface area contributed by atoms with E-state index >= 15 is 0 Å². The minimum atomic E-state index is -0.133. The highest BCUT2D eigenvalue weighted by Gasteiger charge is 2.37. The molecule has 2 heterocycles. The second kappa shape index (κ2) is 4.17. The molecular weight excluding hydrogens is 340 g/mol. The first-order valence-corrected chi connectivity index (χ1v) is 7.29. The van der Waals surface area contributed by atoms with Crippen LogP contribution in [0.4, 0.5) is 5.69 Å². The molecule has 1 amide bonds. The topological polar surface area (TPSA) is 41.5 Å². The van der Waals surface area contributed by atoms with Crippen LogP contribution in [0.25, 0.3) is 0 Å². The van der Waals surface area contributed by atoms with Crippen molar-refractivity contribution in [2.45, 2.75) is 6.04 Å². The number of benzene rings is 2. The Bertz CT molecular complexity index is 800. The highest BCUT2D eigenvalue weighted by atomic mass is 79.9. The van der Waals surface area contributed by atoms with E-state index in [-0.39, 0.29) is 11.9 Å². The minimum absolute atomic E-state index is 0.0101. The van der Waals surface area contributed by atoms with Crippen molar-refractivity contribution in [2.24, 2.45) is 4.99 Å². The van der Waals surface area contributed by atoms with Gasteiger partial charge >= 0.3 is 0 Å². The Labute approximate surface area is 128 Å². The molecule has 4 rings (SSSR count). The van der Waals surface area contributed by atoms with Crippen LogP contribution >= 0.6 is 27.5 Å². The summed E-state index contributed by atoms with van der Waals surface area (Å²) in [5, 5.41) is 3.51. The van der Waals surface area contributed by atoms with Gasteiger partial charge in [0.2, 0.25) is 0 Å². The van der Waals surface area contributed by atoms with E-state index in [1.807, 2.05) is 30.3 Å². The highest BCUT2D eigenvalue weighted by molar-refractivity contribution is 9.10. The molecule has 2 aromatic carbocycles. The summed E-state index contributed by atoms with van der Waals surface area (Å²) in [4.78, 5) is 16.9. The number of carbonyl (C=O) groups excluding carboxylic acids is 1. The fourth-order valence-electron chi connectivity index (χ4n) is 2.53. The number of hydrogen-bond acceptors (Lipinski definition) is 2. The molecule has 2 aromatic rings. The van der Waals surface area contributed by atoms with Gasteiger partial charge in [0.05, 0.1) is 11.4 Å². The van der Waals surface area contributed by atoms with Gasteiger partial charge in [-0.15, -0.1) is 0 Å². The molecule has 0 aliphatic carbocycles. The number of fused-ring (bicyclic) bond motifs is 5. The molecule has 0 saturated carbocycles. The second-order valence-corrected chi connectivity index (χ2v) is 6.14. The third-order valence-electron chi connectivity index (χ3n) is 3.52. The van der Waals surface area contributed by atoms with Gasteiger partial charge in [0.1, 0.15) is 6.04 Å². The molecule has 5 heteroatoms. The number of halogens is 2. The molecule has 98 valence electrons. The number of hydrogen-bond donors (Lipinski definition) is 1. The zero-order valence-electron chi connectivity index (χ0n) is 10.2. The zero-order valence-corrected chi connectivity index (χ0v) is 12.5. The largest absolute Gasteiger partial charge is 0.321 e. The SMILES string of the molecule is O=C1Nc2cc(Cl)ccc2C2=NC2c2ccc(Br)cc21. The van der Waals surface area contributed by atoms with Crippen molar-refractivity contribution in [3.05, 3.63) is 62.6 Å². The van der Waals surface area contributed by atoms with Crippen LogP contribution in [0.2, 0.25) is 5.02 Å². The summed E-state index contributed by atoms with van der Waals surface area (Å²) >= 11 is 9.41. The number of amides is 1. The van der Waals surface area contributed by atoms with E-state index in [4.69, 9.17) is 11.6 Å². The lowest BCUT2D eigenvalue weighted by molar-refractivity contribution is 0.102. The molecule has 0 saturated heterocycles. The molecular formula is C15H8BrClN2O. The number of anilines is 1. The molecule has 1 N–H and O–H groups in total. The minimum Gasteiger partial charge on any atom is -0.321 e. The summed E-state index contributed by atoms with van der Waals surface area (Å²) in [6.07, 6.45) is 0. The third-order valence-corrected chi connectivity index (χ3v) is 4.25. The first-order valence-electron chi connectivity index (χ1n) is 6.12. The van der Waals surface area contributed by atoms with Crippen LogP contribution in [-0.2, 0) is 0 Å². The maximum absolute atomic E-state index is 12.4. The predicted molar refractivity (Wildman–Crippen MR) is 82.8 cm³/mol. The first-order chi connectivity index (χ1) is 9.63. The van der Waals surface area contributed by atoms with E-state index in [1.165, 1.54) is 0 Å². The first kappa shape index (κ1) is 12.1. The van der Waals surface area contributed by atoms with E-state index in [2.05, 4.69) is 26.2 Å². The van der Waals surface area contributed by atoms with E-state index in [0.29, 0.717) is 10.6 Å². The van der Waals surface area contributed by atoms with Crippen LogP contribution in [0.3, 0.4) is 0 Å². The average molecular weight is 348 g/mol. The van der Waals surface area contributed by atoms with Crippen molar-refractivity contribution < 1.29 is 4.79 Å². The smallest absolute Gasteiger partial charge is 0.256 e. The van der Waals surface area contributed by atoms with Crippen LogP contribution in [0.15, 0.2) is 45.9 Å². The van der Waals surface area contributed by atoms with E-state index < -0.39 is 0 Å². The highest BCUT2D eigenvalue weighted by Crippen LogP contribution is 2.42. The Kier molecular flexibility index (Phi) is 2.53. The van der Waals surface area contributed by atoms with Crippen LogP contribution in [0.5, 0.6) is 0 Å². The van der Waals surface area contributed by atoms with Gasteiger partial charge in [-0.1, -0.05) is 33.6 Å². The van der Waals surface area contributed by atoms with Gasteiger partial charge in [0.15, 0.2) is 0 Å². The third kappa shape index (κ3) is 1.79. The van der Waals surface area contributed by atoms with Gasteiger partial charge in [-0.25, -0.2) is 0 Å². The standard InChI is InChI=1S/C15H8BrClN2O/c16-7-1-3-9-11(5-7)15(20)18-12-6-8(17)2-4-10(12)14-13(9)19-14/h1-6,13H,(H,18,20). The van der Waals surface area contributed by atoms with E-state index in [0.717, 1.165) is 27.0 Å². The number of nitrogens with one attached hydrogen (secondary N) is 1. The Morgan fingerprint density at radius 2 is 2.00 bits per heavy atom. The van der Waals surface area contributed by atoms with Crippen LogP contribution in [-0.4, -0.2) is 11.6 Å². The molecule has 3 nitrogen and oxygen atoms in total. The lowest BCUT2D eigenvalue weighted by Crippen LogP contribution is -2.19. The fraction of sp³-hybridized carbons (Fsp3) is 0.0667. The second-order valence-electron chi connectivity index (χ2n) is 4.79. The van der Waals surface area contributed by atoms with Gasteiger partial charge < -0.3 is 5.32 Å². The molecule has 2 aliphatic heterocycles. The van der Waals surface area contributed by atoms with Crippen molar-refractivity contribution in [3.63, 3.8) is 0 Å². The number of nitrogens with zero attached hydrogens (tertiary/aromatic N) is 1. The number of rotatable bonds is 0. The van der Waals surface area contributed by atoms with Gasteiger partial charge in [-0.3, -0.25) is 9.79 Å². The summed E-state index contributed by atoms with van der Waals surface area (Å²) < 4.78 is 0.875. The summed E-state index contributed by atoms with van der Waals surface area (Å²) in [5.41, 5.74) is 4.26. The Morgan fingerprint density at radius 3 is 2.85 bits per heavy atom. The molecule has 20 heavy (non-hydrogen) atoms. The number of carbonyl (C=O) groups is 1. The quantitative estimate of drug-likeness (QED) is 0.762. The number of aliphatic imine (C=N–C) groups is 1. The molecule has 0 aromatic heterocycles. The van der Waals surface area contributed by atoms with Crippen molar-refractivity contribution in [3.8, 4) is 0 Å². The van der Waals surface area contributed by atoms with Gasteiger partial charge in [0, 0.05) is 20.6 Å². The van der Waals surface area contributed by atoms with Crippen molar-refractivity contribution >= 4 is 44.8 Å². The van der Waals surface area contributed by atoms with Gasteiger partial charge in [0.25, 0.3) is 5.91 Å². The zero-order chi connectivity index (χ0) is 13.9. The van der Waals surface area contributed by atoms with Crippen molar-refractivity contribution in [1.29, 1.82) is 0 Å². The maximum Gasteiger partial charge on any atom is 0.256 e. The molecule has 0 radical (unpaired) electrons. The predicted octanol–water partition coefficient (Wildman–Crippen LogP) is 4.21. The monoisotopic (exact) mass is 346 g/mol. The average Bonchev–Trinajstić information content (AvgIpc) is 3.17. The van der Waals surface area contributed by atoms with Gasteiger partial charge in [-0.05, 0) is 35.9 Å². The van der Waals surface area contributed by atoms with Crippen molar-refractivity contribution in [1.82, 2.24) is 0 Å². The maximum atomic E-state index is 12.4. The Balaban J connectivity index is 1.90.